The molecule has 0 spiro atoms. The molecule has 0 aliphatic carbocycles. The summed E-state index contributed by atoms with van der Waals surface area (Å²) in [5.41, 5.74) is -1.80. The van der Waals surface area contributed by atoms with Gasteiger partial charge in [0.2, 0.25) is 0 Å². The number of carboxylic acid groups (broad SMARTS) is 1. The summed E-state index contributed by atoms with van der Waals surface area (Å²) < 4.78 is 0.981. The van der Waals surface area contributed by atoms with Crippen LogP contribution in [0.25, 0.3) is 10.1 Å². The maximum absolute atomic E-state index is 10.9. The van der Waals surface area contributed by atoms with E-state index in [1.165, 1.54) is 18.3 Å². The van der Waals surface area contributed by atoms with Crippen LogP contribution in [-0.2, 0) is 10.4 Å². The van der Waals surface area contributed by atoms with E-state index >= 15 is 0 Å². The minimum atomic E-state index is -1.80. The van der Waals surface area contributed by atoms with Gasteiger partial charge in [-0.3, -0.25) is 0 Å². The minimum absolute atomic E-state index is 0.455. The third kappa shape index (κ3) is 1.62. The summed E-state index contributed by atoms with van der Waals surface area (Å²) in [5.74, 6) is -1.23. The number of fused-ring (bicyclic) bond motifs is 1. The Kier molecular flexibility index (Phi) is 2.25. The van der Waals surface area contributed by atoms with Crippen LogP contribution in [0.2, 0.25) is 0 Å². The summed E-state index contributed by atoms with van der Waals surface area (Å²) in [6.45, 7) is 1.29. The van der Waals surface area contributed by atoms with Crippen LogP contribution in [0.1, 0.15) is 11.8 Å². The van der Waals surface area contributed by atoms with Crippen LogP contribution in [0.5, 0.6) is 0 Å². The standard InChI is InChI=1S/C11H10O3S/c1-11(14,10(12)13)9-6-7-4-2-3-5-8(7)15-9/h2-6,14H,1H3,(H,12,13)/t11-/m1/s1. The number of aliphatic carboxylic acids is 1. The Morgan fingerprint density at radius 1 is 1.40 bits per heavy atom. The highest BCUT2D eigenvalue weighted by Gasteiger charge is 2.33. The number of rotatable bonds is 2. The zero-order chi connectivity index (χ0) is 11.1. The summed E-state index contributed by atoms with van der Waals surface area (Å²) >= 11 is 1.30. The second kappa shape index (κ2) is 3.32. The fourth-order valence-electron chi connectivity index (χ4n) is 1.33. The Hall–Kier alpha value is -1.39. The highest BCUT2D eigenvalue weighted by molar-refractivity contribution is 7.19. The summed E-state index contributed by atoms with van der Waals surface area (Å²) in [6, 6.07) is 9.29. The molecule has 2 aromatic rings. The molecule has 0 saturated carbocycles. The van der Waals surface area contributed by atoms with Gasteiger partial charge in [0.05, 0.1) is 0 Å². The van der Waals surface area contributed by atoms with Gasteiger partial charge in [0, 0.05) is 9.58 Å². The Morgan fingerprint density at radius 3 is 2.67 bits per heavy atom. The second-order valence-corrected chi connectivity index (χ2v) is 4.61. The first kappa shape index (κ1) is 10.1. The first-order valence-corrected chi connectivity index (χ1v) is 5.28. The van der Waals surface area contributed by atoms with Crippen molar-refractivity contribution in [3.05, 3.63) is 35.2 Å². The molecule has 0 amide bonds. The summed E-state index contributed by atoms with van der Waals surface area (Å²) in [7, 11) is 0. The van der Waals surface area contributed by atoms with Crippen molar-refractivity contribution < 1.29 is 15.0 Å². The van der Waals surface area contributed by atoms with Crippen LogP contribution in [0, 0.1) is 0 Å². The molecule has 1 aromatic carbocycles. The monoisotopic (exact) mass is 222 g/mol. The smallest absolute Gasteiger partial charge is 0.340 e. The zero-order valence-electron chi connectivity index (χ0n) is 8.10. The predicted molar refractivity (Wildman–Crippen MR) is 59.0 cm³/mol. The number of hydrogen-bond acceptors (Lipinski definition) is 3. The lowest BCUT2D eigenvalue weighted by Crippen LogP contribution is -2.30. The van der Waals surface area contributed by atoms with E-state index in [2.05, 4.69) is 0 Å². The molecule has 1 atom stereocenters. The Labute approximate surface area is 90.6 Å². The summed E-state index contributed by atoms with van der Waals surface area (Å²) in [6.07, 6.45) is 0. The molecule has 15 heavy (non-hydrogen) atoms. The topological polar surface area (TPSA) is 57.5 Å². The van der Waals surface area contributed by atoms with Gasteiger partial charge in [0.15, 0.2) is 5.60 Å². The van der Waals surface area contributed by atoms with Gasteiger partial charge < -0.3 is 10.2 Å². The first-order valence-electron chi connectivity index (χ1n) is 4.46. The number of carbonyl (C=O) groups is 1. The third-order valence-electron chi connectivity index (χ3n) is 2.32. The van der Waals surface area contributed by atoms with Crippen LogP contribution in [0.3, 0.4) is 0 Å². The molecule has 4 heteroatoms. The SMILES string of the molecule is C[C@](O)(C(=O)O)c1cc2ccccc2s1. The summed E-state index contributed by atoms with van der Waals surface area (Å²) in [4.78, 5) is 11.3. The van der Waals surface area contributed by atoms with Crippen molar-refractivity contribution in [2.24, 2.45) is 0 Å². The molecule has 0 aliphatic rings. The molecule has 0 unspecified atom stereocenters. The molecular formula is C11H10O3S. The number of benzene rings is 1. The van der Waals surface area contributed by atoms with E-state index in [0.717, 1.165) is 10.1 Å². The van der Waals surface area contributed by atoms with Gasteiger partial charge in [-0.15, -0.1) is 11.3 Å². The van der Waals surface area contributed by atoms with Gasteiger partial charge in [0.25, 0.3) is 0 Å². The van der Waals surface area contributed by atoms with E-state index in [9.17, 15) is 9.90 Å². The van der Waals surface area contributed by atoms with Crippen molar-refractivity contribution in [3.8, 4) is 0 Å². The summed E-state index contributed by atoms with van der Waals surface area (Å²) in [5, 5.41) is 19.6. The molecule has 2 N–H and O–H groups in total. The van der Waals surface area contributed by atoms with Crippen LogP contribution in [0.15, 0.2) is 30.3 Å². The molecule has 3 nitrogen and oxygen atoms in total. The molecule has 78 valence electrons. The zero-order valence-corrected chi connectivity index (χ0v) is 8.91. The largest absolute Gasteiger partial charge is 0.479 e. The van der Waals surface area contributed by atoms with E-state index in [1.807, 2.05) is 24.3 Å². The van der Waals surface area contributed by atoms with Crippen molar-refractivity contribution in [3.63, 3.8) is 0 Å². The molecule has 0 saturated heterocycles. The fourth-order valence-corrected chi connectivity index (χ4v) is 2.43. The van der Waals surface area contributed by atoms with Crippen LogP contribution in [0.4, 0.5) is 0 Å². The van der Waals surface area contributed by atoms with Gasteiger partial charge in [-0.1, -0.05) is 18.2 Å². The third-order valence-corrected chi connectivity index (χ3v) is 3.65. The molecular weight excluding hydrogens is 212 g/mol. The first-order chi connectivity index (χ1) is 7.01. The van der Waals surface area contributed by atoms with Crippen molar-refractivity contribution >= 4 is 27.4 Å². The lowest BCUT2D eigenvalue weighted by atomic mass is 10.1. The Bertz CT molecular complexity index is 480. The van der Waals surface area contributed by atoms with Gasteiger partial charge in [0.1, 0.15) is 0 Å². The molecule has 0 aliphatic heterocycles. The minimum Gasteiger partial charge on any atom is -0.479 e. The van der Waals surface area contributed by atoms with Gasteiger partial charge in [-0.05, 0) is 24.4 Å². The molecule has 1 aromatic heterocycles. The van der Waals surface area contributed by atoms with E-state index in [4.69, 9.17) is 5.11 Å². The van der Waals surface area contributed by atoms with Gasteiger partial charge >= 0.3 is 5.97 Å². The molecule has 0 bridgehead atoms. The predicted octanol–water partition coefficient (Wildman–Crippen LogP) is 2.19. The van der Waals surface area contributed by atoms with E-state index in [-0.39, 0.29) is 0 Å². The molecule has 2 rings (SSSR count). The second-order valence-electron chi connectivity index (χ2n) is 3.53. The molecule has 1 heterocycles. The lowest BCUT2D eigenvalue weighted by molar-refractivity contribution is -0.157. The highest BCUT2D eigenvalue weighted by atomic mass is 32.1. The number of thiophene rings is 1. The molecule has 0 radical (unpaired) electrons. The van der Waals surface area contributed by atoms with Gasteiger partial charge in [-0.2, -0.15) is 0 Å². The number of aliphatic hydroxyl groups is 1. The lowest BCUT2D eigenvalue weighted by Gasteiger charge is -2.14. The maximum Gasteiger partial charge on any atom is 0.340 e. The van der Waals surface area contributed by atoms with Crippen molar-refractivity contribution in [2.75, 3.05) is 0 Å². The maximum atomic E-state index is 10.9. The van der Waals surface area contributed by atoms with Crippen LogP contribution in [-0.4, -0.2) is 16.2 Å². The quantitative estimate of drug-likeness (QED) is 0.818. The van der Waals surface area contributed by atoms with Crippen molar-refractivity contribution in [1.29, 1.82) is 0 Å². The normalized spacial score (nSPS) is 15.1. The van der Waals surface area contributed by atoms with Crippen molar-refractivity contribution in [1.82, 2.24) is 0 Å². The molecule has 0 fully saturated rings. The average Bonchev–Trinajstić information content (AvgIpc) is 2.61. The van der Waals surface area contributed by atoms with E-state index in [0.29, 0.717) is 4.88 Å². The Balaban J connectivity index is 2.58. The number of carboxylic acids is 1. The van der Waals surface area contributed by atoms with E-state index < -0.39 is 11.6 Å². The Morgan fingerprint density at radius 2 is 2.07 bits per heavy atom. The van der Waals surface area contributed by atoms with Crippen LogP contribution < -0.4 is 0 Å². The van der Waals surface area contributed by atoms with E-state index in [1.54, 1.807) is 6.07 Å². The highest BCUT2D eigenvalue weighted by Crippen LogP contribution is 2.33. The average molecular weight is 222 g/mol. The fraction of sp³-hybridized carbons (Fsp3) is 0.182. The van der Waals surface area contributed by atoms with Gasteiger partial charge in [-0.25, -0.2) is 4.79 Å². The van der Waals surface area contributed by atoms with Crippen LogP contribution >= 0.6 is 11.3 Å². The number of hydrogen-bond donors (Lipinski definition) is 2. The van der Waals surface area contributed by atoms with Crippen molar-refractivity contribution in [2.45, 2.75) is 12.5 Å².